The maximum atomic E-state index is 11.1. The van der Waals surface area contributed by atoms with Crippen LogP contribution in [0.15, 0.2) is 23.8 Å². The van der Waals surface area contributed by atoms with Crippen LogP contribution < -0.4 is 0 Å². The predicted molar refractivity (Wildman–Crippen MR) is 55.7 cm³/mol. The van der Waals surface area contributed by atoms with Crippen LogP contribution in [0.2, 0.25) is 0 Å². The number of carboxylic acids is 1. The summed E-state index contributed by atoms with van der Waals surface area (Å²) in [5.41, 5.74) is 0.863. The third-order valence-corrected chi connectivity index (χ3v) is 2.09. The van der Waals surface area contributed by atoms with Crippen LogP contribution in [0.1, 0.15) is 19.3 Å². The van der Waals surface area contributed by atoms with E-state index in [-0.39, 0.29) is 6.61 Å². The second-order valence-corrected chi connectivity index (χ2v) is 3.48. The van der Waals surface area contributed by atoms with Gasteiger partial charge in [0.05, 0.1) is 6.42 Å². The number of rotatable bonds is 5. The predicted octanol–water partition coefficient (Wildman–Crippen LogP) is 0.642. The highest BCUT2D eigenvalue weighted by Crippen LogP contribution is 2.10. The fourth-order valence-corrected chi connectivity index (χ4v) is 1.27. The summed E-state index contributed by atoms with van der Waals surface area (Å²) in [5, 5.41) is 17.5. The number of carbonyl (C=O) groups excluding carboxylic acids is 1. The van der Waals surface area contributed by atoms with E-state index in [1.807, 2.05) is 18.2 Å². The second-order valence-electron chi connectivity index (χ2n) is 3.48. The van der Waals surface area contributed by atoms with Crippen molar-refractivity contribution < 1.29 is 24.5 Å². The lowest BCUT2D eigenvalue weighted by Crippen LogP contribution is -2.26. The Bertz CT molecular complexity index is 329. The molecule has 0 fully saturated rings. The van der Waals surface area contributed by atoms with E-state index in [4.69, 9.17) is 14.9 Å². The molecular formula is C11H14O5. The van der Waals surface area contributed by atoms with E-state index in [2.05, 4.69) is 0 Å². The lowest BCUT2D eigenvalue weighted by molar-refractivity contribution is -0.157. The lowest BCUT2D eigenvalue weighted by Gasteiger charge is -2.10. The second kappa shape index (κ2) is 6.07. The molecule has 0 saturated carbocycles. The van der Waals surface area contributed by atoms with Gasteiger partial charge in [0.2, 0.25) is 0 Å². The Morgan fingerprint density at radius 2 is 2.19 bits per heavy atom. The molecule has 2 N–H and O–H groups in total. The Hall–Kier alpha value is -1.62. The number of ether oxygens (including phenoxy) is 1. The summed E-state index contributed by atoms with van der Waals surface area (Å²) in [6.45, 7) is 0.0754. The topological polar surface area (TPSA) is 83.8 Å². The normalized spacial score (nSPS) is 16.4. The molecular weight excluding hydrogens is 212 g/mol. The highest BCUT2D eigenvalue weighted by molar-refractivity contribution is 5.80. The summed E-state index contributed by atoms with van der Waals surface area (Å²) >= 11 is 0. The molecule has 88 valence electrons. The number of hydrogen-bond acceptors (Lipinski definition) is 4. The standard InChI is InChI=1S/C11H14O5/c12-9(6-10(13)14)11(15)16-7-8-4-2-1-3-5-8/h2,4-5,9,12H,1,3,6-7H2,(H,13,14). The fraction of sp³-hybridized carbons (Fsp3) is 0.455. The van der Waals surface area contributed by atoms with Gasteiger partial charge in [0.1, 0.15) is 6.61 Å². The van der Waals surface area contributed by atoms with Gasteiger partial charge in [-0.15, -0.1) is 0 Å². The minimum absolute atomic E-state index is 0.0754. The summed E-state index contributed by atoms with van der Waals surface area (Å²) in [5.74, 6) is -2.14. The average molecular weight is 226 g/mol. The molecule has 1 unspecified atom stereocenters. The van der Waals surface area contributed by atoms with E-state index in [0.717, 1.165) is 18.4 Å². The van der Waals surface area contributed by atoms with Crippen LogP contribution in [-0.4, -0.2) is 34.9 Å². The molecule has 0 aromatic carbocycles. The SMILES string of the molecule is O=C(O)CC(O)C(=O)OCC1=CCCC=C1. The molecule has 16 heavy (non-hydrogen) atoms. The molecule has 0 heterocycles. The summed E-state index contributed by atoms with van der Waals surface area (Å²) in [6.07, 6.45) is 5.41. The van der Waals surface area contributed by atoms with Crippen molar-refractivity contribution in [3.8, 4) is 0 Å². The van der Waals surface area contributed by atoms with Gasteiger partial charge in [-0.1, -0.05) is 18.2 Å². The third kappa shape index (κ3) is 4.27. The number of carbonyl (C=O) groups is 2. The van der Waals surface area contributed by atoms with E-state index in [0.29, 0.717) is 0 Å². The van der Waals surface area contributed by atoms with Gasteiger partial charge >= 0.3 is 11.9 Å². The van der Waals surface area contributed by atoms with Crippen molar-refractivity contribution in [3.05, 3.63) is 23.8 Å². The molecule has 1 rings (SSSR count). The van der Waals surface area contributed by atoms with Crippen LogP contribution in [-0.2, 0) is 14.3 Å². The first-order valence-corrected chi connectivity index (χ1v) is 5.01. The highest BCUT2D eigenvalue weighted by atomic mass is 16.5. The van der Waals surface area contributed by atoms with Crippen molar-refractivity contribution in [2.75, 3.05) is 6.61 Å². The Kier molecular flexibility index (Phi) is 4.72. The van der Waals surface area contributed by atoms with Crippen molar-refractivity contribution in [3.63, 3.8) is 0 Å². The minimum atomic E-state index is -1.59. The number of hydrogen-bond donors (Lipinski definition) is 2. The number of carboxylic acid groups (broad SMARTS) is 1. The van der Waals surface area contributed by atoms with Crippen LogP contribution in [0.5, 0.6) is 0 Å². The van der Waals surface area contributed by atoms with Crippen molar-refractivity contribution in [2.45, 2.75) is 25.4 Å². The van der Waals surface area contributed by atoms with Gasteiger partial charge in [0.15, 0.2) is 6.10 Å². The van der Waals surface area contributed by atoms with E-state index >= 15 is 0 Å². The number of aliphatic carboxylic acids is 1. The smallest absolute Gasteiger partial charge is 0.335 e. The summed E-state index contributed by atoms with van der Waals surface area (Å²) < 4.78 is 4.77. The molecule has 0 bridgehead atoms. The molecule has 0 spiro atoms. The van der Waals surface area contributed by atoms with Crippen LogP contribution in [0.3, 0.4) is 0 Å². The number of esters is 1. The first-order chi connectivity index (χ1) is 7.59. The molecule has 1 aliphatic carbocycles. The van der Waals surface area contributed by atoms with Crippen LogP contribution >= 0.6 is 0 Å². The van der Waals surface area contributed by atoms with Crippen molar-refractivity contribution >= 4 is 11.9 Å². The van der Waals surface area contributed by atoms with E-state index in [9.17, 15) is 9.59 Å². The monoisotopic (exact) mass is 226 g/mol. The van der Waals surface area contributed by atoms with Crippen LogP contribution in [0, 0.1) is 0 Å². The summed E-state index contributed by atoms with van der Waals surface area (Å²) in [4.78, 5) is 21.4. The van der Waals surface area contributed by atoms with Crippen LogP contribution in [0.4, 0.5) is 0 Å². The third-order valence-electron chi connectivity index (χ3n) is 2.09. The zero-order valence-corrected chi connectivity index (χ0v) is 8.76. The minimum Gasteiger partial charge on any atom is -0.481 e. The van der Waals surface area contributed by atoms with E-state index < -0.39 is 24.5 Å². The van der Waals surface area contributed by atoms with Gasteiger partial charge in [-0.2, -0.15) is 0 Å². The Balaban J connectivity index is 2.31. The summed E-state index contributed by atoms with van der Waals surface area (Å²) in [7, 11) is 0. The van der Waals surface area contributed by atoms with Crippen molar-refractivity contribution in [1.82, 2.24) is 0 Å². The van der Waals surface area contributed by atoms with Crippen LogP contribution in [0.25, 0.3) is 0 Å². The average Bonchev–Trinajstić information content (AvgIpc) is 2.26. The van der Waals surface area contributed by atoms with Gasteiger partial charge in [0, 0.05) is 0 Å². The first-order valence-electron chi connectivity index (χ1n) is 5.01. The zero-order valence-electron chi connectivity index (χ0n) is 8.76. The quantitative estimate of drug-likeness (QED) is 0.672. The highest BCUT2D eigenvalue weighted by Gasteiger charge is 2.20. The molecule has 5 nitrogen and oxygen atoms in total. The van der Waals surface area contributed by atoms with E-state index in [1.54, 1.807) is 0 Å². The maximum Gasteiger partial charge on any atom is 0.335 e. The fourth-order valence-electron chi connectivity index (χ4n) is 1.27. The molecule has 0 radical (unpaired) electrons. The maximum absolute atomic E-state index is 11.1. The number of allylic oxidation sites excluding steroid dienone is 2. The van der Waals surface area contributed by atoms with E-state index in [1.165, 1.54) is 0 Å². The first kappa shape index (κ1) is 12.4. The number of aliphatic hydroxyl groups excluding tert-OH is 1. The van der Waals surface area contributed by atoms with Gasteiger partial charge in [0.25, 0.3) is 0 Å². The van der Waals surface area contributed by atoms with Crippen molar-refractivity contribution in [1.29, 1.82) is 0 Å². The molecule has 0 aromatic heterocycles. The molecule has 0 aliphatic heterocycles. The Labute approximate surface area is 93.0 Å². The molecule has 1 atom stereocenters. The molecule has 1 aliphatic rings. The lowest BCUT2D eigenvalue weighted by atomic mass is 10.1. The van der Waals surface area contributed by atoms with Gasteiger partial charge in [-0.25, -0.2) is 4.79 Å². The summed E-state index contributed by atoms with van der Waals surface area (Å²) in [6, 6.07) is 0. The Morgan fingerprint density at radius 1 is 1.44 bits per heavy atom. The molecule has 5 heteroatoms. The Morgan fingerprint density at radius 3 is 2.75 bits per heavy atom. The molecule has 0 aromatic rings. The number of aliphatic hydroxyl groups is 1. The zero-order chi connectivity index (χ0) is 12.0. The van der Waals surface area contributed by atoms with Gasteiger partial charge in [-0.3, -0.25) is 4.79 Å². The van der Waals surface area contributed by atoms with Gasteiger partial charge in [-0.05, 0) is 18.4 Å². The molecule has 0 saturated heterocycles. The molecule has 0 amide bonds. The largest absolute Gasteiger partial charge is 0.481 e. The van der Waals surface area contributed by atoms with Crippen molar-refractivity contribution in [2.24, 2.45) is 0 Å². The van der Waals surface area contributed by atoms with Gasteiger partial charge < -0.3 is 14.9 Å².